The highest BCUT2D eigenvalue weighted by Gasteiger charge is 2.30. The summed E-state index contributed by atoms with van der Waals surface area (Å²) in [5, 5.41) is 2.83. The molecule has 26 heavy (non-hydrogen) atoms. The first-order chi connectivity index (χ1) is 12.3. The van der Waals surface area contributed by atoms with Crippen molar-refractivity contribution in [1.82, 2.24) is 9.88 Å². The second-order valence-corrected chi connectivity index (χ2v) is 5.93. The van der Waals surface area contributed by atoms with E-state index in [4.69, 9.17) is 0 Å². The van der Waals surface area contributed by atoms with Gasteiger partial charge in [-0.1, -0.05) is 19.9 Å². The van der Waals surface area contributed by atoms with Crippen LogP contribution < -0.4 is 5.32 Å². The SMILES string of the molecule is CCCN(CCC)C(=O)c1ccc(Nc2cccc(C(F)(F)F)c2)nc1. The van der Waals surface area contributed by atoms with Gasteiger partial charge in [-0.15, -0.1) is 0 Å². The average molecular weight is 365 g/mol. The van der Waals surface area contributed by atoms with Crippen molar-refractivity contribution in [3.05, 3.63) is 53.7 Å². The van der Waals surface area contributed by atoms with Gasteiger partial charge in [-0.25, -0.2) is 4.98 Å². The molecule has 1 aromatic carbocycles. The zero-order valence-corrected chi connectivity index (χ0v) is 14.8. The molecule has 0 radical (unpaired) electrons. The second kappa shape index (κ2) is 8.69. The molecule has 0 fully saturated rings. The molecule has 0 saturated carbocycles. The maximum Gasteiger partial charge on any atom is 0.416 e. The highest BCUT2D eigenvalue weighted by Crippen LogP contribution is 2.31. The Morgan fingerprint density at radius 2 is 1.81 bits per heavy atom. The van der Waals surface area contributed by atoms with Crippen molar-refractivity contribution in [1.29, 1.82) is 0 Å². The monoisotopic (exact) mass is 365 g/mol. The summed E-state index contributed by atoms with van der Waals surface area (Å²) in [7, 11) is 0. The lowest BCUT2D eigenvalue weighted by atomic mass is 10.2. The second-order valence-electron chi connectivity index (χ2n) is 5.93. The molecule has 4 nitrogen and oxygen atoms in total. The summed E-state index contributed by atoms with van der Waals surface area (Å²) in [5.41, 5.74) is 0.00978. The van der Waals surface area contributed by atoms with Crippen molar-refractivity contribution >= 4 is 17.4 Å². The van der Waals surface area contributed by atoms with Crippen molar-refractivity contribution in [2.24, 2.45) is 0 Å². The van der Waals surface area contributed by atoms with Gasteiger partial charge in [0.05, 0.1) is 11.1 Å². The number of rotatable bonds is 7. The van der Waals surface area contributed by atoms with Gasteiger partial charge in [0.2, 0.25) is 0 Å². The molecule has 2 aromatic rings. The Morgan fingerprint density at radius 1 is 1.12 bits per heavy atom. The van der Waals surface area contributed by atoms with Gasteiger partial charge >= 0.3 is 6.18 Å². The van der Waals surface area contributed by atoms with Gasteiger partial charge in [0.25, 0.3) is 5.91 Å². The van der Waals surface area contributed by atoms with E-state index in [1.54, 1.807) is 17.0 Å². The van der Waals surface area contributed by atoms with E-state index in [2.05, 4.69) is 10.3 Å². The van der Waals surface area contributed by atoms with E-state index in [1.807, 2.05) is 13.8 Å². The number of carbonyl (C=O) groups is 1. The van der Waals surface area contributed by atoms with Crippen LogP contribution in [0.3, 0.4) is 0 Å². The zero-order chi connectivity index (χ0) is 19.2. The first kappa shape index (κ1) is 19.8. The van der Waals surface area contributed by atoms with Gasteiger partial charge in [-0.05, 0) is 43.2 Å². The van der Waals surface area contributed by atoms with Gasteiger partial charge in [0.1, 0.15) is 5.82 Å². The molecule has 0 atom stereocenters. The lowest BCUT2D eigenvalue weighted by Gasteiger charge is -2.21. The van der Waals surface area contributed by atoms with Crippen LogP contribution in [0.1, 0.15) is 42.6 Å². The number of amides is 1. The number of alkyl halides is 3. The van der Waals surface area contributed by atoms with Crippen molar-refractivity contribution in [2.75, 3.05) is 18.4 Å². The minimum absolute atomic E-state index is 0.0909. The van der Waals surface area contributed by atoms with Crippen LogP contribution in [0, 0.1) is 0 Å². The Kier molecular flexibility index (Phi) is 6.60. The number of anilines is 2. The van der Waals surface area contributed by atoms with Crippen molar-refractivity contribution in [3.8, 4) is 0 Å². The third-order valence-corrected chi connectivity index (χ3v) is 3.75. The van der Waals surface area contributed by atoms with E-state index in [0.29, 0.717) is 24.5 Å². The molecular formula is C19H22F3N3O. The van der Waals surface area contributed by atoms with Crippen LogP contribution in [0.5, 0.6) is 0 Å². The number of hydrogen-bond donors (Lipinski definition) is 1. The fourth-order valence-electron chi connectivity index (χ4n) is 2.55. The smallest absolute Gasteiger partial charge is 0.340 e. The molecule has 0 unspecified atom stereocenters. The summed E-state index contributed by atoms with van der Waals surface area (Å²) < 4.78 is 38.3. The number of nitrogens with one attached hydrogen (secondary N) is 1. The highest BCUT2D eigenvalue weighted by molar-refractivity contribution is 5.94. The van der Waals surface area contributed by atoms with Crippen LogP contribution in [0.15, 0.2) is 42.6 Å². The quantitative estimate of drug-likeness (QED) is 0.742. The number of pyridine rings is 1. The number of hydrogen-bond acceptors (Lipinski definition) is 3. The van der Waals surface area contributed by atoms with Gasteiger partial charge in [0, 0.05) is 25.0 Å². The fraction of sp³-hybridized carbons (Fsp3) is 0.368. The van der Waals surface area contributed by atoms with Crippen LogP contribution in [-0.2, 0) is 6.18 Å². The molecule has 7 heteroatoms. The predicted molar refractivity (Wildman–Crippen MR) is 95.4 cm³/mol. The highest BCUT2D eigenvalue weighted by atomic mass is 19.4. The number of carbonyl (C=O) groups excluding carboxylic acids is 1. The maximum absolute atomic E-state index is 12.8. The minimum atomic E-state index is -4.40. The van der Waals surface area contributed by atoms with Crippen LogP contribution in [0.2, 0.25) is 0 Å². The lowest BCUT2D eigenvalue weighted by Crippen LogP contribution is -2.32. The zero-order valence-electron chi connectivity index (χ0n) is 14.8. The molecule has 0 aliphatic rings. The number of nitrogens with zero attached hydrogens (tertiary/aromatic N) is 2. The third-order valence-electron chi connectivity index (χ3n) is 3.75. The first-order valence-corrected chi connectivity index (χ1v) is 8.54. The Morgan fingerprint density at radius 3 is 2.35 bits per heavy atom. The Bertz CT molecular complexity index is 724. The summed E-state index contributed by atoms with van der Waals surface area (Å²) in [6.07, 6.45) is -1.22. The summed E-state index contributed by atoms with van der Waals surface area (Å²) in [6, 6.07) is 8.10. The molecule has 140 valence electrons. The summed E-state index contributed by atoms with van der Waals surface area (Å²) >= 11 is 0. The number of aromatic nitrogens is 1. The third kappa shape index (κ3) is 5.21. The number of halogens is 3. The summed E-state index contributed by atoms with van der Waals surface area (Å²) in [4.78, 5) is 18.4. The molecule has 0 spiro atoms. The molecule has 0 bridgehead atoms. The molecule has 1 amide bonds. The van der Waals surface area contributed by atoms with Crippen LogP contribution in [0.4, 0.5) is 24.7 Å². The maximum atomic E-state index is 12.8. The molecule has 1 N–H and O–H groups in total. The largest absolute Gasteiger partial charge is 0.416 e. The molecule has 0 saturated heterocycles. The van der Waals surface area contributed by atoms with Crippen LogP contribution in [-0.4, -0.2) is 28.9 Å². The van der Waals surface area contributed by atoms with Crippen molar-refractivity contribution < 1.29 is 18.0 Å². The molecule has 1 aromatic heterocycles. The van der Waals surface area contributed by atoms with E-state index in [-0.39, 0.29) is 11.6 Å². The Labute approximate surface area is 151 Å². The van der Waals surface area contributed by atoms with Crippen molar-refractivity contribution in [2.45, 2.75) is 32.9 Å². The van der Waals surface area contributed by atoms with Gasteiger partial charge in [-0.2, -0.15) is 13.2 Å². The molecular weight excluding hydrogens is 343 g/mol. The van der Waals surface area contributed by atoms with Gasteiger partial charge in [-0.3, -0.25) is 4.79 Å². The minimum Gasteiger partial charge on any atom is -0.340 e. The average Bonchev–Trinajstić information content (AvgIpc) is 2.61. The molecule has 2 rings (SSSR count). The van der Waals surface area contributed by atoms with Crippen LogP contribution in [0.25, 0.3) is 0 Å². The Hall–Kier alpha value is -2.57. The fourth-order valence-corrected chi connectivity index (χ4v) is 2.55. The van der Waals surface area contributed by atoms with E-state index in [1.165, 1.54) is 18.3 Å². The first-order valence-electron chi connectivity index (χ1n) is 8.54. The molecule has 0 aliphatic heterocycles. The van der Waals surface area contributed by atoms with E-state index in [9.17, 15) is 18.0 Å². The van der Waals surface area contributed by atoms with Gasteiger partial charge in [0.15, 0.2) is 0 Å². The van der Waals surface area contributed by atoms with Crippen LogP contribution >= 0.6 is 0 Å². The summed E-state index contributed by atoms with van der Waals surface area (Å²) in [5.74, 6) is 0.283. The molecule has 1 heterocycles. The Balaban J connectivity index is 2.11. The predicted octanol–water partition coefficient (Wildman–Crippen LogP) is 5.11. The van der Waals surface area contributed by atoms with Crippen molar-refractivity contribution in [3.63, 3.8) is 0 Å². The van der Waals surface area contributed by atoms with E-state index < -0.39 is 11.7 Å². The van der Waals surface area contributed by atoms with Gasteiger partial charge < -0.3 is 10.2 Å². The lowest BCUT2D eigenvalue weighted by molar-refractivity contribution is -0.137. The van der Waals surface area contributed by atoms with E-state index in [0.717, 1.165) is 25.0 Å². The standard InChI is InChI=1S/C19H22F3N3O/c1-3-10-25(11-4-2)18(26)14-8-9-17(23-13-14)24-16-7-5-6-15(12-16)19(20,21)22/h5-9,12-13H,3-4,10-11H2,1-2H3,(H,23,24). The normalized spacial score (nSPS) is 11.3. The topological polar surface area (TPSA) is 45.2 Å². The molecule has 0 aliphatic carbocycles. The number of benzene rings is 1. The van der Waals surface area contributed by atoms with E-state index >= 15 is 0 Å². The summed E-state index contributed by atoms with van der Waals surface area (Å²) in [6.45, 7) is 5.38.